The molecule has 0 bridgehead atoms. The zero-order chi connectivity index (χ0) is 11.4. The van der Waals surface area contributed by atoms with Gasteiger partial charge in [-0.25, -0.2) is 0 Å². The van der Waals surface area contributed by atoms with Crippen molar-refractivity contribution in [1.29, 1.82) is 0 Å². The number of carboxylic acids is 2. The summed E-state index contributed by atoms with van der Waals surface area (Å²) in [5.74, 6) is -1.87. The molecule has 4 N–H and O–H groups in total. The summed E-state index contributed by atoms with van der Waals surface area (Å²) in [5.41, 5.74) is 5.50. The lowest BCUT2D eigenvalue weighted by atomic mass is 9.90. The molecule has 0 spiro atoms. The zero-order valence-corrected chi connectivity index (χ0v) is 8.43. The molecule has 0 saturated carbocycles. The number of piperidine rings is 1. The van der Waals surface area contributed by atoms with Gasteiger partial charge in [0.25, 0.3) is 0 Å². The smallest absolute Gasteiger partial charge is 0.320 e. The normalized spacial score (nSPS) is 21.1. The first-order valence-corrected chi connectivity index (χ1v) is 4.93. The lowest BCUT2D eigenvalue weighted by Gasteiger charge is -2.32. The number of likely N-dealkylation sites (tertiary alicyclic amines) is 1. The van der Waals surface area contributed by atoms with E-state index in [4.69, 9.17) is 15.9 Å². The molecule has 1 saturated heterocycles. The number of carboxylic acid groups (broad SMARTS) is 2. The van der Waals surface area contributed by atoms with Gasteiger partial charge in [-0.2, -0.15) is 0 Å². The van der Waals surface area contributed by atoms with E-state index >= 15 is 0 Å². The van der Waals surface area contributed by atoms with Crippen LogP contribution in [0.15, 0.2) is 0 Å². The van der Waals surface area contributed by atoms with Crippen molar-refractivity contribution in [1.82, 2.24) is 4.90 Å². The van der Waals surface area contributed by atoms with Crippen LogP contribution >= 0.6 is 0 Å². The van der Waals surface area contributed by atoms with Gasteiger partial charge in [0.2, 0.25) is 0 Å². The molecule has 0 aromatic heterocycles. The van der Waals surface area contributed by atoms with Crippen LogP contribution in [0.3, 0.4) is 0 Å². The molecule has 0 aromatic carbocycles. The van der Waals surface area contributed by atoms with Gasteiger partial charge in [0.15, 0.2) is 0 Å². The van der Waals surface area contributed by atoms with Crippen molar-refractivity contribution in [3.63, 3.8) is 0 Å². The maximum absolute atomic E-state index is 10.6. The van der Waals surface area contributed by atoms with Gasteiger partial charge in [0.05, 0.1) is 6.54 Å². The minimum Gasteiger partial charge on any atom is -0.480 e. The fourth-order valence-corrected chi connectivity index (χ4v) is 1.86. The summed E-state index contributed by atoms with van der Waals surface area (Å²) in [6.07, 6.45) is 1.31. The highest BCUT2D eigenvalue weighted by atomic mass is 16.4. The molecule has 6 heteroatoms. The van der Waals surface area contributed by atoms with E-state index in [1.54, 1.807) is 4.90 Å². The zero-order valence-electron chi connectivity index (χ0n) is 8.43. The third kappa shape index (κ3) is 3.49. The predicted molar refractivity (Wildman–Crippen MR) is 52.4 cm³/mol. The second-order valence-corrected chi connectivity index (χ2v) is 3.87. The van der Waals surface area contributed by atoms with E-state index in [1.165, 1.54) is 0 Å². The number of hydrogen-bond acceptors (Lipinski definition) is 4. The summed E-state index contributed by atoms with van der Waals surface area (Å²) >= 11 is 0. The van der Waals surface area contributed by atoms with Crippen LogP contribution in [-0.4, -0.2) is 52.7 Å². The Balaban J connectivity index is 2.35. The Bertz CT molecular complexity index is 248. The van der Waals surface area contributed by atoms with Crippen LogP contribution in [0.2, 0.25) is 0 Å². The first kappa shape index (κ1) is 11.9. The summed E-state index contributed by atoms with van der Waals surface area (Å²) in [5, 5.41) is 17.3. The maximum Gasteiger partial charge on any atom is 0.320 e. The minimum absolute atomic E-state index is 0.0228. The Labute approximate surface area is 87.7 Å². The van der Waals surface area contributed by atoms with Crippen molar-refractivity contribution in [2.24, 2.45) is 11.7 Å². The Morgan fingerprint density at radius 3 is 2.27 bits per heavy atom. The molecular formula is C9H16N2O4. The van der Waals surface area contributed by atoms with Crippen LogP contribution in [0.25, 0.3) is 0 Å². The van der Waals surface area contributed by atoms with Gasteiger partial charge in [-0.3, -0.25) is 14.5 Å². The van der Waals surface area contributed by atoms with Crippen molar-refractivity contribution >= 4 is 11.9 Å². The average Bonchev–Trinajstić information content (AvgIpc) is 2.17. The number of nitrogens with zero attached hydrogens (tertiary/aromatic N) is 1. The predicted octanol–water partition coefficient (Wildman–Crippen LogP) is -0.805. The fourth-order valence-electron chi connectivity index (χ4n) is 1.86. The van der Waals surface area contributed by atoms with Crippen molar-refractivity contribution in [2.75, 3.05) is 19.6 Å². The minimum atomic E-state index is -0.980. The van der Waals surface area contributed by atoms with Crippen molar-refractivity contribution in [2.45, 2.75) is 18.9 Å². The number of hydrogen-bond donors (Lipinski definition) is 3. The summed E-state index contributed by atoms with van der Waals surface area (Å²) in [6.45, 7) is 1.24. The maximum atomic E-state index is 10.6. The molecule has 1 fully saturated rings. The van der Waals surface area contributed by atoms with E-state index in [0.29, 0.717) is 25.9 Å². The number of carbonyl (C=O) groups is 2. The lowest BCUT2D eigenvalue weighted by Crippen LogP contribution is -2.45. The Morgan fingerprint density at radius 1 is 1.33 bits per heavy atom. The monoisotopic (exact) mass is 216 g/mol. The van der Waals surface area contributed by atoms with Crippen molar-refractivity contribution < 1.29 is 19.8 Å². The van der Waals surface area contributed by atoms with E-state index < -0.39 is 18.0 Å². The molecule has 86 valence electrons. The fraction of sp³-hybridized carbons (Fsp3) is 0.778. The third-order valence-electron chi connectivity index (χ3n) is 2.78. The molecule has 0 aliphatic carbocycles. The molecule has 1 aliphatic rings. The van der Waals surface area contributed by atoms with Crippen molar-refractivity contribution in [3.8, 4) is 0 Å². The molecule has 0 amide bonds. The molecule has 1 heterocycles. The summed E-state index contributed by atoms with van der Waals surface area (Å²) in [4.78, 5) is 22.9. The van der Waals surface area contributed by atoms with Crippen LogP contribution in [0, 0.1) is 5.92 Å². The van der Waals surface area contributed by atoms with Gasteiger partial charge < -0.3 is 15.9 Å². The highest BCUT2D eigenvalue weighted by molar-refractivity contribution is 5.73. The van der Waals surface area contributed by atoms with E-state index in [9.17, 15) is 9.59 Å². The van der Waals surface area contributed by atoms with Crippen LogP contribution in [0.4, 0.5) is 0 Å². The highest BCUT2D eigenvalue weighted by Gasteiger charge is 2.28. The van der Waals surface area contributed by atoms with Crippen molar-refractivity contribution in [3.05, 3.63) is 0 Å². The molecular weight excluding hydrogens is 200 g/mol. The van der Waals surface area contributed by atoms with Crippen LogP contribution < -0.4 is 5.73 Å². The molecule has 0 aromatic rings. The van der Waals surface area contributed by atoms with Crippen LogP contribution in [0.1, 0.15) is 12.8 Å². The Morgan fingerprint density at radius 2 is 1.87 bits per heavy atom. The molecule has 0 unspecified atom stereocenters. The van der Waals surface area contributed by atoms with Gasteiger partial charge in [0.1, 0.15) is 6.04 Å². The number of rotatable bonds is 4. The second-order valence-electron chi connectivity index (χ2n) is 3.87. The summed E-state index contributed by atoms with van der Waals surface area (Å²) in [7, 11) is 0. The molecule has 1 rings (SSSR count). The largest absolute Gasteiger partial charge is 0.480 e. The highest BCUT2D eigenvalue weighted by Crippen LogP contribution is 2.19. The first-order valence-electron chi connectivity index (χ1n) is 4.93. The molecule has 6 nitrogen and oxygen atoms in total. The second kappa shape index (κ2) is 5.09. The Kier molecular flexibility index (Phi) is 4.05. The molecule has 1 aliphatic heterocycles. The molecule has 0 radical (unpaired) electrons. The van der Waals surface area contributed by atoms with Gasteiger partial charge in [-0.15, -0.1) is 0 Å². The van der Waals surface area contributed by atoms with E-state index in [2.05, 4.69) is 0 Å². The van der Waals surface area contributed by atoms with Gasteiger partial charge >= 0.3 is 11.9 Å². The third-order valence-corrected chi connectivity index (χ3v) is 2.78. The van der Waals surface area contributed by atoms with E-state index in [1.807, 2.05) is 0 Å². The van der Waals surface area contributed by atoms with Crippen LogP contribution in [0.5, 0.6) is 0 Å². The lowest BCUT2D eigenvalue weighted by molar-refractivity contribution is -0.142. The average molecular weight is 216 g/mol. The van der Waals surface area contributed by atoms with Crippen LogP contribution in [-0.2, 0) is 9.59 Å². The van der Waals surface area contributed by atoms with E-state index in [0.717, 1.165) is 0 Å². The van der Waals surface area contributed by atoms with E-state index in [-0.39, 0.29) is 12.5 Å². The summed E-state index contributed by atoms with van der Waals surface area (Å²) in [6, 6.07) is -0.822. The molecule has 1 atom stereocenters. The van der Waals surface area contributed by atoms with Gasteiger partial charge in [-0.05, 0) is 31.8 Å². The summed E-state index contributed by atoms with van der Waals surface area (Å²) < 4.78 is 0. The van der Waals surface area contributed by atoms with Gasteiger partial charge in [0, 0.05) is 0 Å². The topological polar surface area (TPSA) is 104 Å². The number of aliphatic carboxylic acids is 2. The Hall–Kier alpha value is -1.14. The SMILES string of the molecule is N[C@H](C(=O)O)C1CCN(CC(=O)O)CC1. The quantitative estimate of drug-likeness (QED) is 0.568. The first-order chi connectivity index (χ1) is 7.00. The standard InChI is InChI=1S/C9H16N2O4/c10-8(9(14)15)6-1-3-11(4-2-6)5-7(12)13/h6,8H,1-5,10H2,(H,12,13)(H,14,15)/t8-/m0/s1. The molecule has 15 heavy (non-hydrogen) atoms. The van der Waals surface area contributed by atoms with Gasteiger partial charge in [-0.1, -0.05) is 0 Å². The number of nitrogens with two attached hydrogens (primary N) is 1.